The van der Waals surface area contributed by atoms with E-state index in [1.165, 1.54) is 10.4 Å². The van der Waals surface area contributed by atoms with E-state index in [-0.39, 0.29) is 12.4 Å². The normalized spacial score (nSPS) is 11.9. The van der Waals surface area contributed by atoms with E-state index in [4.69, 9.17) is 9.47 Å². The van der Waals surface area contributed by atoms with Gasteiger partial charge in [0.25, 0.3) is 0 Å². The Balaban J connectivity index is 1.88. The van der Waals surface area contributed by atoms with Gasteiger partial charge in [-0.25, -0.2) is 4.98 Å². The highest BCUT2D eigenvalue weighted by Crippen LogP contribution is 2.41. The van der Waals surface area contributed by atoms with Crippen LogP contribution in [0.5, 0.6) is 5.75 Å². The first-order valence-electron chi connectivity index (χ1n) is 6.52. The zero-order chi connectivity index (χ0) is 14.1. The Labute approximate surface area is 121 Å². The molecule has 0 spiro atoms. The summed E-state index contributed by atoms with van der Waals surface area (Å²) in [5, 5.41) is 0.821. The first kappa shape index (κ1) is 13.1. The molecule has 0 unspecified atom stereocenters. The van der Waals surface area contributed by atoms with Gasteiger partial charge in [-0.05, 0) is 24.6 Å². The molecule has 1 aromatic heterocycles. The highest BCUT2D eigenvalue weighted by molar-refractivity contribution is 7.12. The molecule has 0 radical (unpaired) electrons. The summed E-state index contributed by atoms with van der Waals surface area (Å²) in [6.07, 6.45) is 1.14. The molecular formula is C15H15NO3S. The number of thiazole rings is 1. The number of carbonyl (C=O) groups is 1. The molecule has 1 aromatic carbocycles. The van der Waals surface area contributed by atoms with Crippen LogP contribution in [0.15, 0.2) is 18.2 Å². The molecule has 5 heteroatoms. The lowest BCUT2D eigenvalue weighted by Crippen LogP contribution is -2.07. The number of fused-ring (bicyclic) bond motifs is 3. The smallest absolute Gasteiger partial charge is 0.312 e. The Kier molecular flexibility index (Phi) is 3.44. The van der Waals surface area contributed by atoms with Gasteiger partial charge >= 0.3 is 5.97 Å². The van der Waals surface area contributed by atoms with Crippen molar-refractivity contribution in [2.75, 3.05) is 13.7 Å². The Morgan fingerprint density at radius 3 is 3.05 bits per heavy atom. The molecule has 4 nitrogen and oxygen atoms in total. The molecule has 0 aliphatic heterocycles. The Hall–Kier alpha value is -1.88. The van der Waals surface area contributed by atoms with Crippen molar-refractivity contribution in [3.63, 3.8) is 0 Å². The Morgan fingerprint density at radius 2 is 2.30 bits per heavy atom. The molecule has 2 aromatic rings. The molecule has 20 heavy (non-hydrogen) atoms. The standard InChI is InChI=1S/C15H15NO3S/c1-3-19-14(17)8-13-16-15-11-7-10(18-2)5-4-9(11)6-12(15)20-13/h4-5,7H,3,6,8H2,1-2H3. The van der Waals surface area contributed by atoms with Crippen molar-refractivity contribution < 1.29 is 14.3 Å². The number of ether oxygens (including phenoxy) is 2. The monoisotopic (exact) mass is 289 g/mol. The highest BCUT2D eigenvalue weighted by Gasteiger charge is 2.24. The van der Waals surface area contributed by atoms with E-state index in [1.807, 2.05) is 19.1 Å². The van der Waals surface area contributed by atoms with Gasteiger partial charge in [0.2, 0.25) is 0 Å². The van der Waals surface area contributed by atoms with E-state index in [0.717, 1.165) is 28.4 Å². The van der Waals surface area contributed by atoms with Crippen molar-refractivity contribution in [2.45, 2.75) is 19.8 Å². The van der Waals surface area contributed by atoms with Crippen molar-refractivity contribution in [3.05, 3.63) is 33.6 Å². The zero-order valence-electron chi connectivity index (χ0n) is 11.4. The third-order valence-corrected chi connectivity index (χ3v) is 4.32. The maximum atomic E-state index is 11.5. The lowest BCUT2D eigenvalue weighted by Gasteiger charge is -2.03. The van der Waals surface area contributed by atoms with Gasteiger partial charge in [-0.1, -0.05) is 6.07 Å². The largest absolute Gasteiger partial charge is 0.497 e. The summed E-state index contributed by atoms with van der Waals surface area (Å²) in [4.78, 5) is 17.3. The summed E-state index contributed by atoms with van der Waals surface area (Å²) in [6.45, 7) is 2.21. The third-order valence-electron chi connectivity index (χ3n) is 3.27. The summed E-state index contributed by atoms with van der Waals surface area (Å²) in [6, 6.07) is 6.05. The van der Waals surface area contributed by atoms with E-state index in [0.29, 0.717) is 6.61 Å². The van der Waals surface area contributed by atoms with Crippen LogP contribution in [0, 0.1) is 0 Å². The lowest BCUT2D eigenvalue weighted by molar-refractivity contribution is -0.142. The molecule has 1 heterocycles. The minimum absolute atomic E-state index is 0.217. The van der Waals surface area contributed by atoms with Crippen LogP contribution in [0.1, 0.15) is 22.4 Å². The molecule has 0 atom stereocenters. The van der Waals surface area contributed by atoms with E-state index >= 15 is 0 Å². The molecule has 1 aliphatic rings. The van der Waals surface area contributed by atoms with Gasteiger partial charge in [-0.3, -0.25) is 4.79 Å². The maximum Gasteiger partial charge on any atom is 0.312 e. The molecule has 0 N–H and O–H groups in total. The van der Waals surface area contributed by atoms with Crippen molar-refractivity contribution in [1.29, 1.82) is 0 Å². The number of aromatic nitrogens is 1. The number of carbonyl (C=O) groups excluding carboxylic acids is 1. The van der Waals surface area contributed by atoms with Crippen molar-refractivity contribution in [3.8, 4) is 17.0 Å². The number of hydrogen-bond donors (Lipinski definition) is 0. The van der Waals surface area contributed by atoms with Gasteiger partial charge in [-0.15, -0.1) is 11.3 Å². The SMILES string of the molecule is CCOC(=O)Cc1nc2c(s1)Cc1ccc(OC)cc1-2. The summed E-state index contributed by atoms with van der Waals surface area (Å²) < 4.78 is 10.2. The summed E-state index contributed by atoms with van der Waals surface area (Å²) >= 11 is 1.59. The number of benzene rings is 1. The van der Waals surface area contributed by atoms with Crippen LogP contribution in [-0.4, -0.2) is 24.7 Å². The van der Waals surface area contributed by atoms with Crippen molar-refractivity contribution in [2.24, 2.45) is 0 Å². The number of rotatable bonds is 4. The van der Waals surface area contributed by atoms with Crippen molar-refractivity contribution >= 4 is 17.3 Å². The Morgan fingerprint density at radius 1 is 1.45 bits per heavy atom. The number of hydrogen-bond acceptors (Lipinski definition) is 5. The van der Waals surface area contributed by atoms with Crippen LogP contribution in [0.4, 0.5) is 0 Å². The van der Waals surface area contributed by atoms with Crippen LogP contribution >= 0.6 is 11.3 Å². The molecule has 3 rings (SSSR count). The van der Waals surface area contributed by atoms with Gasteiger partial charge in [0, 0.05) is 16.9 Å². The number of esters is 1. The fourth-order valence-electron chi connectivity index (χ4n) is 2.37. The molecule has 0 fully saturated rings. The average Bonchev–Trinajstić information content (AvgIpc) is 2.95. The van der Waals surface area contributed by atoms with Gasteiger partial charge in [0.1, 0.15) is 10.8 Å². The van der Waals surface area contributed by atoms with Crippen LogP contribution in [0.25, 0.3) is 11.3 Å². The van der Waals surface area contributed by atoms with Crippen LogP contribution in [0.2, 0.25) is 0 Å². The first-order chi connectivity index (χ1) is 9.71. The molecule has 104 valence electrons. The minimum atomic E-state index is -0.217. The maximum absolute atomic E-state index is 11.5. The van der Waals surface area contributed by atoms with Gasteiger partial charge in [-0.2, -0.15) is 0 Å². The third kappa shape index (κ3) is 2.29. The first-order valence-corrected chi connectivity index (χ1v) is 7.34. The topological polar surface area (TPSA) is 48.4 Å². The minimum Gasteiger partial charge on any atom is -0.497 e. The van der Waals surface area contributed by atoms with E-state index in [2.05, 4.69) is 11.1 Å². The second kappa shape index (κ2) is 5.25. The molecule has 0 saturated heterocycles. The quantitative estimate of drug-likeness (QED) is 0.693. The summed E-state index contributed by atoms with van der Waals surface area (Å²) in [7, 11) is 1.66. The summed E-state index contributed by atoms with van der Waals surface area (Å²) in [5.74, 6) is 0.613. The van der Waals surface area contributed by atoms with E-state index < -0.39 is 0 Å². The van der Waals surface area contributed by atoms with Crippen LogP contribution in [0.3, 0.4) is 0 Å². The number of methoxy groups -OCH3 is 1. The second-order valence-electron chi connectivity index (χ2n) is 4.56. The Bertz CT molecular complexity index is 663. The zero-order valence-corrected chi connectivity index (χ0v) is 12.3. The molecule has 0 amide bonds. The molecular weight excluding hydrogens is 274 g/mol. The van der Waals surface area contributed by atoms with Crippen LogP contribution in [-0.2, 0) is 22.4 Å². The van der Waals surface area contributed by atoms with E-state index in [9.17, 15) is 4.79 Å². The van der Waals surface area contributed by atoms with Gasteiger partial charge < -0.3 is 9.47 Å². The fourth-order valence-corrected chi connectivity index (χ4v) is 3.46. The van der Waals surface area contributed by atoms with Gasteiger partial charge in [0.15, 0.2) is 0 Å². The fraction of sp³-hybridized carbons (Fsp3) is 0.333. The van der Waals surface area contributed by atoms with Gasteiger partial charge in [0.05, 0.1) is 25.8 Å². The number of nitrogens with zero attached hydrogens (tertiary/aromatic N) is 1. The molecule has 0 bridgehead atoms. The van der Waals surface area contributed by atoms with Crippen LogP contribution < -0.4 is 4.74 Å². The lowest BCUT2D eigenvalue weighted by atomic mass is 10.1. The van der Waals surface area contributed by atoms with E-state index in [1.54, 1.807) is 18.4 Å². The molecule has 0 saturated carbocycles. The second-order valence-corrected chi connectivity index (χ2v) is 5.73. The van der Waals surface area contributed by atoms with Crippen molar-refractivity contribution in [1.82, 2.24) is 4.98 Å². The molecule has 1 aliphatic carbocycles. The predicted molar refractivity (Wildman–Crippen MR) is 77.2 cm³/mol. The summed E-state index contributed by atoms with van der Waals surface area (Å²) in [5.41, 5.74) is 3.37. The predicted octanol–water partition coefficient (Wildman–Crippen LogP) is 2.83. The average molecular weight is 289 g/mol. The highest BCUT2D eigenvalue weighted by atomic mass is 32.1.